The molecule has 1 aliphatic rings. The van der Waals surface area contributed by atoms with Gasteiger partial charge in [0.2, 0.25) is 5.91 Å². The zero-order chi connectivity index (χ0) is 21.8. The molecule has 1 aromatic heterocycles. The van der Waals surface area contributed by atoms with Gasteiger partial charge in [0.05, 0.1) is 11.4 Å². The van der Waals surface area contributed by atoms with Crippen LogP contribution in [0.15, 0.2) is 54.6 Å². The molecule has 0 saturated carbocycles. The number of pyridine rings is 1. The second-order valence-corrected chi connectivity index (χ2v) is 8.12. The molecule has 1 atom stereocenters. The van der Waals surface area contributed by atoms with Gasteiger partial charge < -0.3 is 10.2 Å². The van der Waals surface area contributed by atoms with E-state index in [9.17, 15) is 9.59 Å². The van der Waals surface area contributed by atoms with Gasteiger partial charge in [-0.2, -0.15) is 0 Å². The van der Waals surface area contributed by atoms with E-state index in [1.54, 1.807) is 11.0 Å². The first-order valence-corrected chi connectivity index (χ1v) is 10.6. The van der Waals surface area contributed by atoms with Crippen LogP contribution in [-0.2, 0) is 4.79 Å². The van der Waals surface area contributed by atoms with E-state index < -0.39 is 0 Å². The van der Waals surface area contributed by atoms with Crippen molar-refractivity contribution in [3.05, 3.63) is 65.2 Å². The van der Waals surface area contributed by atoms with Crippen molar-refractivity contribution in [1.29, 1.82) is 0 Å². The first kappa shape index (κ1) is 20.9. The van der Waals surface area contributed by atoms with Gasteiger partial charge in [-0.1, -0.05) is 35.9 Å². The highest BCUT2D eigenvalue weighted by atomic mass is 35.5. The summed E-state index contributed by atoms with van der Waals surface area (Å²) in [6, 6.07) is 16.6. The molecule has 3 amide bonds. The van der Waals surface area contributed by atoms with Crippen LogP contribution in [-0.4, -0.2) is 34.9 Å². The van der Waals surface area contributed by atoms with Crippen molar-refractivity contribution in [3.8, 4) is 0 Å². The number of nitrogens with one attached hydrogen (secondary N) is 3. The number of hydrogen-bond donors (Lipinski definition) is 3. The monoisotopic (exact) mass is 437 g/mol. The lowest BCUT2D eigenvalue weighted by molar-refractivity contribution is -0.125. The van der Waals surface area contributed by atoms with E-state index in [1.165, 1.54) is 0 Å². The number of fused-ring (bicyclic) bond motifs is 1. The van der Waals surface area contributed by atoms with E-state index in [0.717, 1.165) is 35.0 Å². The number of carbonyl (C=O) groups is 2. The Kier molecular flexibility index (Phi) is 6.23. The molecule has 0 bridgehead atoms. The lowest BCUT2D eigenvalue weighted by Crippen LogP contribution is -2.47. The van der Waals surface area contributed by atoms with Gasteiger partial charge in [0.1, 0.15) is 5.82 Å². The van der Waals surface area contributed by atoms with Crippen LogP contribution >= 0.6 is 11.6 Å². The molecule has 3 N–H and O–H groups in total. The summed E-state index contributed by atoms with van der Waals surface area (Å²) in [5, 5.41) is 4.46. The van der Waals surface area contributed by atoms with E-state index in [4.69, 9.17) is 11.6 Å². The molecule has 2 heterocycles. The Morgan fingerprint density at radius 3 is 2.74 bits per heavy atom. The number of urea groups is 1. The number of aryl methyl sites for hydroxylation is 1. The quantitative estimate of drug-likeness (QED) is 0.521. The molecule has 0 radical (unpaired) electrons. The number of rotatable bonds is 4. The number of benzene rings is 2. The molecule has 4 rings (SSSR count). The third-order valence-corrected chi connectivity index (χ3v) is 5.61. The van der Waals surface area contributed by atoms with Gasteiger partial charge in [0, 0.05) is 29.2 Å². The highest BCUT2D eigenvalue weighted by Gasteiger charge is 2.28. The summed E-state index contributed by atoms with van der Waals surface area (Å²) in [5.41, 5.74) is 8.07. The van der Waals surface area contributed by atoms with Gasteiger partial charge in [-0.15, -0.1) is 0 Å². The number of amides is 3. The van der Waals surface area contributed by atoms with E-state index in [-0.39, 0.29) is 17.9 Å². The largest absolute Gasteiger partial charge is 0.324 e. The Balaban J connectivity index is 1.36. The maximum Gasteiger partial charge on any atom is 0.321 e. The molecule has 160 valence electrons. The van der Waals surface area contributed by atoms with Crippen LogP contribution in [0.2, 0.25) is 5.02 Å². The van der Waals surface area contributed by atoms with Gasteiger partial charge in [-0.25, -0.2) is 9.78 Å². The molecule has 0 spiro atoms. The van der Waals surface area contributed by atoms with E-state index >= 15 is 0 Å². The average Bonchev–Trinajstić information content (AvgIpc) is 2.78. The number of para-hydroxylation sites is 1. The van der Waals surface area contributed by atoms with Crippen molar-refractivity contribution in [2.75, 3.05) is 23.8 Å². The molecule has 0 aliphatic carbocycles. The van der Waals surface area contributed by atoms with E-state index in [0.29, 0.717) is 23.9 Å². The molecule has 7 nitrogen and oxygen atoms in total. The molecule has 31 heavy (non-hydrogen) atoms. The van der Waals surface area contributed by atoms with Gasteiger partial charge >= 0.3 is 6.03 Å². The molecular weight excluding hydrogens is 414 g/mol. The highest BCUT2D eigenvalue weighted by molar-refractivity contribution is 6.31. The molecule has 1 aliphatic heterocycles. The minimum absolute atomic E-state index is 0.162. The smallest absolute Gasteiger partial charge is 0.321 e. The summed E-state index contributed by atoms with van der Waals surface area (Å²) in [6.45, 7) is 2.92. The Hall–Kier alpha value is -3.32. The third-order valence-electron chi connectivity index (χ3n) is 5.38. The summed E-state index contributed by atoms with van der Waals surface area (Å²) >= 11 is 6.06. The van der Waals surface area contributed by atoms with Crippen molar-refractivity contribution in [3.63, 3.8) is 0 Å². The molecule has 8 heteroatoms. The summed E-state index contributed by atoms with van der Waals surface area (Å²) in [7, 11) is 0. The van der Waals surface area contributed by atoms with Crippen molar-refractivity contribution in [2.24, 2.45) is 5.92 Å². The van der Waals surface area contributed by atoms with E-state index in [2.05, 4.69) is 21.2 Å². The predicted octanol–water partition coefficient (Wildman–Crippen LogP) is 4.58. The topological polar surface area (TPSA) is 86.4 Å². The van der Waals surface area contributed by atoms with Gasteiger partial charge in [0.15, 0.2) is 0 Å². The third kappa shape index (κ3) is 5.06. The van der Waals surface area contributed by atoms with Crippen LogP contribution in [0.5, 0.6) is 0 Å². The number of piperidine rings is 1. The number of hydrogen-bond acceptors (Lipinski definition) is 4. The van der Waals surface area contributed by atoms with Gasteiger partial charge in [0.25, 0.3) is 0 Å². The molecule has 1 fully saturated rings. The first-order valence-electron chi connectivity index (χ1n) is 10.2. The van der Waals surface area contributed by atoms with Crippen LogP contribution in [0.3, 0.4) is 0 Å². The normalized spacial score (nSPS) is 16.1. The first-order chi connectivity index (χ1) is 15.0. The lowest BCUT2D eigenvalue weighted by atomic mass is 9.98. The van der Waals surface area contributed by atoms with E-state index in [1.807, 2.05) is 55.5 Å². The SMILES string of the molecule is Cc1cc2ccc(Cl)cc2nc1NNC(=O)C1CCCN(C(=O)Nc2ccccc2)C1. The zero-order valence-electron chi connectivity index (χ0n) is 17.2. The maximum absolute atomic E-state index is 12.7. The predicted molar refractivity (Wildman–Crippen MR) is 123 cm³/mol. The van der Waals surface area contributed by atoms with Crippen LogP contribution in [0.25, 0.3) is 10.9 Å². The second kappa shape index (κ2) is 9.22. The molecular formula is C23H24ClN5O2. The fraction of sp³-hybridized carbons (Fsp3) is 0.261. The molecule has 3 aromatic rings. The van der Waals surface area contributed by atoms with Crippen molar-refractivity contribution in [2.45, 2.75) is 19.8 Å². The Morgan fingerprint density at radius 2 is 1.94 bits per heavy atom. The van der Waals surface area contributed by atoms with Crippen molar-refractivity contribution in [1.82, 2.24) is 15.3 Å². The number of likely N-dealkylation sites (tertiary alicyclic amines) is 1. The fourth-order valence-corrected chi connectivity index (χ4v) is 3.86. The van der Waals surface area contributed by atoms with Crippen LogP contribution in [0, 0.1) is 12.8 Å². The van der Waals surface area contributed by atoms with Gasteiger partial charge in [-0.3, -0.25) is 15.6 Å². The Morgan fingerprint density at radius 1 is 1.13 bits per heavy atom. The minimum Gasteiger partial charge on any atom is -0.324 e. The summed E-state index contributed by atoms with van der Waals surface area (Å²) < 4.78 is 0. The minimum atomic E-state index is -0.294. The number of halogens is 1. The number of hydrazine groups is 1. The van der Waals surface area contributed by atoms with Crippen LogP contribution < -0.4 is 16.2 Å². The number of anilines is 2. The molecule has 1 unspecified atom stereocenters. The summed E-state index contributed by atoms with van der Waals surface area (Å²) in [4.78, 5) is 31.5. The average molecular weight is 438 g/mol. The highest BCUT2D eigenvalue weighted by Crippen LogP contribution is 2.23. The summed E-state index contributed by atoms with van der Waals surface area (Å²) in [5.74, 6) is 0.111. The number of carbonyl (C=O) groups excluding carboxylic acids is 2. The zero-order valence-corrected chi connectivity index (χ0v) is 17.9. The Labute approximate surface area is 185 Å². The standard InChI is InChI=1S/C23H24ClN5O2/c1-15-12-16-9-10-18(24)13-20(16)26-21(15)27-28-22(30)17-6-5-11-29(14-17)23(31)25-19-7-3-2-4-8-19/h2-4,7-10,12-13,17H,5-6,11,14H2,1H3,(H,25,31)(H,26,27)(H,28,30). The van der Waals surface area contributed by atoms with Crippen molar-refractivity contribution < 1.29 is 9.59 Å². The van der Waals surface area contributed by atoms with Crippen LogP contribution in [0.1, 0.15) is 18.4 Å². The second-order valence-electron chi connectivity index (χ2n) is 7.69. The molecule has 1 saturated heterocycles. The molecule has 2 aromatic carbocycles. The lowest BCUT2D eigenvalue weighted by Gasteiger charge is -2.32. The maximum atomic E-state index is 12.7. The number of nitrogens with zero attached hydrogens (tertiary/aromatic N) is 2. The fourth-order valence-electron chi connectivity index (χ4n) is 3.69. The Bertz CT molecular complexity index is 1110. The van der Waals surface area contributed by atoms with Crippen LogP contribution in [0.4, 0.5) is 16.3 Å². The van der Waals surface area contributed by atoms with Crippen molar-refractivity contribution >= 4 is 45.9 Å². The van der Waals surface area contributed by atoms with Gasteiger partial charge in [-0.05, 0) is 55.7 Å². The number of aromatic nitrogens is 1. The summed E-state index contributed by atoms with van der Waals surface area (Å²) in [6.07, 6.45) is 1.49.